The van der Waals surface area contributed by atoms with Gasteiger partial charge in [0.15, 0.2) is 5.65 Å². The molecule has 1 aliphatic heterocycles. The largest absolute Gasteiger partial charge is 0.453 e. The number of anilines is 2. The van der Waals surface area contributed by atoms with Crippen LogP contribution < -0.4 is 10.2 Å². The lowest BCUT2D eigenvalue weighted by Gasteiger charge is -2.33. The molecule has 0 aromatic carbocycles. The highest BCUT2D eigenvalue weighted by molar-refractivity contribution is 5.46. The quantitative estimate of drug-likeness (QED) is 0.757. The average Bonchev–Trinajstić information content (AvgIpc) is 3.06. The summed E-state index contributed by atoms with van der Waals surface area (Å²) in [4.78, 5) is 6.42. The zero-order valence-electron chi connectivity index (χ0n) is 14.6. The minimum Gasteiger partial charge on any atom is -0.367 e. The van der Waals surface area contributed by atoms with Crippen LogP contribution in [0.25, 0.3) is 5.65 Å². The summed E-state index contributed by atoms with van der Waals surface area (Å²) in [6, 6.07) is 9.28. The Morgan fingerprint density at radius 3 is 2.56 bits per heavy atom. The molecule has 4 rings (SSSR count). The van der Waals surface area contributed by atoms with Crippen LogP contribution in [0.3, 0.4) is 0 Å². The van der Waals surface area contributed by atoms with Crippen molar-refractivity contribution >= 4 is 17.3 Å². The molecule has 0 atom stereocenters. The Morgan fingerprint density at radius 1 is 1.07 bits per heavy atom. The molecule has 0 amide bonds. The van der Waals surface area contributed by atoms with Crippen LogP contribution in [0.15, 0.2) is 30.3 Å². The third-order valence-electron chi connectivity index (χ3n) is 4.56. The molecule has 7 nitrogen and oxygen atoms in total. The van der Waals surface area contributed by atoms with E-state index in [0.717, 1.165) is 28.9 Å². The standard InChI is InChI=1S/C17H18F3N7/c1-11-3-2-4-13(21-11)22-12-7-9-26(10-8-12)15-6-5-14-23-24-16(17(18,19)20)27(14)25-15/h2-6,12H,7-10H2,1H3,(H,21,22). The van der Waals surface area contributed by atoms with Crippen molar-refractivity contribution in [2.24, 2.45) is 0 Å². The third-order valence-corrected chi connectivity index (χ3v) is 4.56. The Kier molecular flexibility index (Phi) is 4.33. The van der Waals surface area contributed by atoms with Gasteiger partial charge >= 0.3 is 6.18 Å². The second-order valence-electron chi connectivity index (χ2n) is 6.55. The van der Waals surface area contributed by atoms with Gasteiger partial charge in [-0.1, -0.05) is 6.07 Å². The Bertz CT molecular complexity index is 945. The lowest BCUT2D eigenvalue weighted by molar-refractivity contribution is -0.146. The van der Waals surface area contributed by atoms with E-state index in [0.29, 0.717) is 18.9 Å². The van der Waals surface area contributed by atoms with E-state index in [1.54, 1.807) is 6.07 Å². The summed E-state index contributed by atoms with van der Waals surface area (Å²) < 4.78 is 39.8. The summed E-state index contributed by atoms with van der Waals surface area (Å²) >= 11 is 0. The predicted molar refractivity (Wildman–Crippen MR) is 93.6 cm³/mol. The second kappa shape index (κ2) is 6.67. The summed E-state index contributed by atoms with van der Waals surface area (Å²) in [6.45, 7) is 3.31. The van der Waals surface area contributed by atoms with Crippen LogP contribution in [0.1, 0.15) is 24.4 Å². The van der Waals surface area contributed by atoms with Gasteiger partial charge in [-0.3, -0.25) is 0 Å². The van der Waals surface area contributed by atoms with E-state index in [1.807, 2.05) is 30.0 Å². The Morgan fingerprint density at radius 2 is 1.85 bits per heavy atom. The van der Waals surface area contributed by atoms with Crippen LogP contribution in [0.2, 0.25) is 0 Å². The van der Waals surface area contributed by atoms with E-state index in [9.17, 15) is 13.2 Å². The topological polar surface area (TPSA) is 71.2 Å². The van der Waals surface area contributed by atoms with Crippen LogP contribution in [0, 0.1) is 6.92 Å². The average molecular weight is 377 g/mol. The zero-order chi connectivity index (χ0) is 19.0. The van der Waals surface area contributed by atoms with Gasteiger partial charge in [-0.15, -0.1) is 15.3 Å². The smallest absolute Gasteiger partial charge is 0.367 e. The molecule has 27 heavy (non-hydrogen) atoms. The summed E-state index contributed by atoms with van der Waals surface area (Å²) in [5.41, 5.74) is 1.03. The van der Waals surface area contributed by atoms with Crippen molar-refractivity contribution in [2.45, 2.75) is 32.0 Å². The molecule has 10 heteroatoms. The number of alkyl halides is 3. The van der Waals surface area contributed by atoms with Crippen LogP contribution in [0.5, 0.6) is 0 Å². The van der Waals surface area contributed by atoms with Crippen LogP contribution in [0.4, 0.5) is 24.8 Å². The lowest BCUT2D eigenvalue weighted by Crippen LogP contribution is -2.39. The zero-order valence-corrected chi connectivity index (χ0v) is 14.6. The molecule has 142 valence electrons. The minimum atomic E-state index is -4.59. The van der Waals surface area contributed by atoms with E-state index in [-0.39, 0.29) is 11.7 Å². The second-order valence-corrected chi connectivity index (χ2v) is 6.55. The first-order valence-electron chi connectivity index (χ1n) is 8.65. The molecule has 0 radical (unpaired) electrons. The van der Waals surface area contributed by atoms with Gasteiger partial charge in [0.1, 0.15) is 11.6 Å². The van der Waals surface area contributed by atoms with Crippen molar-refractivity contribution in [1.29, 1.82) is 0 Å². The molecule has 3 aromatic rings. The van der Waals surface area contributed by atoms with Crippen molar-refractivity contribution in [3.63, 3.8) is 0 Å². The highest BCUT2D eigenvalue weighted by atomic mass is 19.4. The van der Waals surface area contributed by atoms with Gasteiger partial charge in [0.25, 0.3) is 5.82 Å². The lowest BCUT2D eigenvalue weighted by atomic mass is 10.1. The van der Waals surface area contributed by atoms with Gasteiger partial charge in [0, 0.05) is 24.8 Å². The van der Waals surface area contributed by atoms with Gasteiger partial charge in [-0.05, 0) is 44.0 Å². The number of piperidine rings is 1. The highest BCUT2D eigenvalue weighted by Gasteiger charge is 2.37. The fourth-order valence-corrected chi connectivity index (χ4v) is 3.21. The number of pyridine rings is 1. The number of nitrogens with zero attached hydrogens (tertiary/aromatic N) is 6. The molecule has 1 fully saturated rings. The fraction of sp³-hybridized carbons (Fsp3) is 0.412. The molecule has 0 unspecified atom stereocenters. The maximum atomic E-state index is 13.0. The third kappa shape index (κ3) is 3.64. The van der Waals surface area contributed by atoms with Gasteiger partial charge in [0.05, 0.1) is 0 Å². The molecule has 0 spiro atoms. The molecule has 1 N–H and O–H groups in total. The summed E-state index contributed by atoms with van der Waals surface area (Å²) in [5, 5.41) is 14.3. The summed E-state index contributed by atoms with van der Waals surface area (Å²) in [5.74, 6) is 0.216. The van der Waals surface area contributed by atoms with Crippen LogP contribution >= 0.6 is 0 Å². The highest BCUT2D eigenvalue weighted by Crippen LogP contribution is 2.28. The molecule has 0 aliphatic carbocycles. The first-order valence-corrected chi connectivity index (χ1v) is 8.65. The Balaban J connectivity index is 1.46. The van der Waals surface area contributed by atoms with E-state index < -0.39 is 12.0 Å². The van der Waals surface area contributed by atoms with Gasteiger partial charge in [0.2, 0.25) is 0 Å². The van der Waals surface area contributed by atoms with E-state index >= 15 is 0 Å². The SMILES string of the molecule is Cc1cccc(NC2CCN(c3ccc4nnc(C(F)(F)F)n4n3)CC2)n1. The summed E-state index contributed by atoms with van der Waals surface area (Å²) in [6.07, 6.45) is -2.92. The van der Waals surface area contributed by atoms with Gasteiger partial charge in [-0.2, -0.15) is 17.7 Å². The predicted octanol–water partition coefficient (Wildman–Crippen LogP) is 2.93. The van der Waals surface area contributed by atoms with Crippen molar-refractivity contribution in [1.82, 2.24) is 24.8 Å². The number of aromatic nitrogens is 5. The first-order chi connectivity index (χ1) is 12.9. The molecule has 1 saturated heterocycles. The number of rotatable bonds is 3. The summed E-state index contributed by atoms with van der Waals surface area (Å²) in [7, 11) is 0. The fourth-order valence-electron chi connectivity index (χ4n) is 3.21. The molecule has 1 aliphatic rings. The number of fused-ring (bicyclic) bond motifs is 1. The first kappa shape index (κ1) is 17.5. The number of hydrogen-bond donors (Lipinski definition) is 1. The van der Waals surface area contributed by atoms with Crippen LogP contribution in [-0.4, -0.2) is 43.9 Å². The van der Waals surface area contributed by atoms with E-state index in [2.05, 4.69) is 25.6 Å². The van der Waals surface area contributed by atoms with E-state index in [4.69, 9.17) is 0 Å². The van der Waals surface area contributed by atoms with Crippen molar-refractivity contribution in [2.75, 3.05) is 23.3 Å². The molecule has 3 aromatic heterocycles. The maximum absolute atomic E-state index is 13.0. The molecule has 4 heterocycles. The van der Waals surface area contributed by atoms with Crippen molar-refractivity contribution in [3.8, 4) is 0 Å². The Labute approximate surface area is 153 Å². The number of halogens is 3. The normalized spacial score (nSPS) is 16.1. The van der Waals surface area contributed by atoms with Gasteiger partial charge < -0.3 is 10.2 Å². The number of aryl methyl sites for hydroxylation is 1. The molecule has 0 bridgehead atoms. The van der Waals surface area contributed by atoms with Crippen molar-refractivity contribution < 1.29 is 13.2 Å². The molecular formula is C17H18F3N7. The van der Waals surface area contributed by atoms with Crippen molar-refractivity contribution in [3.05, 3.63) is 41.9 Å². The van der Waals surface area contributed by atoms with Crippen LogP contribution in [-0.2, 0) is 6.18 Å². The molecular weight excluding hydrogens is 359 g/mol. The van der Waals surface area contributed by atoms with E-state index in [1.165, 1.54) is 6.07 Å². The number of nitrogens with one attached hydrogen (secondary N) is 1. The Hall–Kier alpha value is -2.91. The molecule has 0 saturated carbocycles. The number of hydrogen-bond acceptors (Lipinski definition) is 6. The van der Waals surface area contributed by atoms with Gasteiger partial charge in [-0.25, -0.2) is 4.98 Å². The minimum absolute atomic E-state index is 0.0770. The maximum Gasteiger partial charge on any atom is 0.453 e. The monoisotopic (exact) mass is 377 g/mol.